The molecule has 1 aromatic rings. The van der Waals surface area contributed by atoms with Crippen molar-refractivity contribution in [1.29, 1.82) is 0 Å². The van der Waals surface area contributed by atoms with E-state index in [0.29, 0.717) is 11.1 Å². The number of Topliss-reactive ketones (excluding diaryl/α,β-unsaturated/α-hetero) is 2. The minimum atomic E-state index is -0.212. The van der Waals surface area contributed by atoms with Gasteiger partial charge in [-0.1, -0.05) is 24.3 Å². The number of ketones is 2. The molecule has 2 fully saturated rings. The van der Waals surface area contributed by atoms with Crippen molar-refractivity contribution in [3.63, 3.8) is 0 Å². The highest BCUT2D eigenvalue weighted by Crippen LogP contribution is 2.48. The molecular formula is C14H12O3. The summed E-state index contributed by atoms with van der Waals surface area (Å²) in [6.07, 6.45) is 1.97. The van der Waals surface area contributed by atoms with Crippen LogP contribution in [0.5, 0.6) is 0 Å². The molecule has 3 heteroatoms. The van der Waals surface area contributed by atoms with E-state index in [2.05, 4.69) is 0 Å². The van der Waals surface area contributed by atoms with Crippen LogP contribution in [0.1, 0.15) is 33.6 Å². The number of hydrogen-bond donors (Lipinski definition) is 0. The fraction of sp³-hybridized carbons (Fsp3) is 0.429. The predicted molar refractivity (Wildman–Crippen MR) is 60.0 cm³/mol. The first kappa shape index (κ1) is 9.54. The van der Waals surface area contributed by atoms with Crippen LogP contribution in [0.3, 0.4) is 0 Å². The lowest BCUT2D eigenvalue weighted by Gasteiger charge is -2.31. The molecule has 17 heavy (non-hydrogen) atoms. The molecule has 1 aromatic carbocycles. The number of rotatable bonds is 0. The molecule has 0 aromatic heterocycles. The van der Waals surface area contributed by atoms with Crippen LogP contribution in [0.15, 0.2) is 24.3 Å². The van der Waals surface area contributed by atoms with Gasteiger partial charge in [-0.05, 0) is 12.8 Å². The number of carbonyl (C=O) groups excluding carboxylic acids is 2. The van der Waals surface area contributed by atoms with Crippen LogP contribution in [0.4, 0.5) is 0 Å². The van der Waals surface area contributed by atoms with Crippen LogP contribution in [0.25, 0.3) is 0 Å². The Morgan fingerprint density at radius 2 is 1.71 bits per heavy atom. The molecule has 4 atom stereocenters. The molecule has 0 N–H and O–H groups in total. The van der Waals surface area contributed by atoms with Gasteiger partial charge in [-0.15, -0.1) is 0 Å². The summed E-state index contributed by atoms with van der Waals surface area (Å²) in [5, 5.41) is 0. The second-order valence-corrected chi connectivity index (χ2v) is 5.12. The Bertz CT molecular complexity index is 534. The standard InChI is InChI=1S/C14H12O3/c15-12-7-3-1-2-4-8(7)13(16)11-9(12)5-6-10-14(11)17-10/h1-4,9-11,14H,5-6H2. The Balaban J connectivity index is 1.87. The predicted octanol–water partition coefficient (Wildman–Crippen LogP) is 1.86. The number of benzene rings is 1. The van der Waals surface area contributed by atoms with Crippen LogP contribution in [-0.2, 0) is 4.74 Å². The number of epoxide rings is 1. The van der Waals surface area contributed by atoms with Gasteiger partial charge in [-0.2, -0.15) is 0 Å². The molecular weight excluding hydrogens is 216 g/mol. The van der Waals surface area contributed by atoms with Gasteiger partial charge >= 0.3 is 0 Å². The van der Waals surface area contributed by atoms with Crippen molar-refractivity contribution >= 4 is 11.6 Å². The monoisotopic (exact) mass is 228 g/mol. The Labute approximate surface area is 98.8 Å². The molecule has 0 spiro atoms. The third kappa shape index (κ3) is 1.15. The highest BCUT2D eigenvalue weighted by molar-refractivity contribution is 6.16. The average molecular weight is 228 g/mol. The summed E-state index contributed by atoms with van der Waals surface area (Å²) < 4.78 is 5.51. The molecule has 1 aliphatic heterocycles. The molecule has 2 aliphatic carbocycles. The Hall–Kier alpha value is -1.48. The zero-order valence-corrected chi connectivity index (χ0v) is 9.26. The molecule has 4 unspecified atom stereocenters. The summed E-state index contributed by atoms with van der Waals surface area (Å²) in [4.78, 5) is 24.8. The number of ether oxygens (including phenoxy) is 1. The SMILES string of the molecule is O=C1c2ccccc2C(=O)C2C1CCC1OC12. The highest BCUT2D eigenvalue weighted by Gasteiger charge is 2.58. The fourth-order valence-electron chi connectivity index (χ4n) is 3.38. The van der Waals surface area contributed by atoms with Crippen LogP contribution in [-0.4, -0.2) is 23.8 Å². The van der Waals surface area contributed by atoms with Gasteiger partial charge in [0.25, 0.3) is 0 Å². The van der Waals surface area contributed by atoms with Crippen molar-refractivity contribution in [3.05, 3.63) is 35.4 Å². The normalized spacial score (nSPS) is 38.1. The molecule has 1 saturated carbocycles. The quantitative estimate of drug-likeness (QED) is 0.637. The van der Waals surface area contributed by atoms with E-state index in [-0.39, 0.29) is 35.6 Å². The van der Waals surface area contributed by atoms with Crippen LogP contribution in [0.2, 0.25) is 0 Å². The lowest BCUT2D eigenvalue weighted by molar-refractivity contribution is 0.0684. The minimum absolute atomic E-state index is 0.0126. The number of carbonyl (C=O) groups is 2. The zero-order valence-electron chi connectivity index (χ0n) is 9.26. The molecule has 86 valence electrons. The van der Waals surface area contributed by atoms with E-state index >= 15 is 0 Å². The van der Waals surface area contributed by atoms with E-state index in [9.17, 15) is 9.59 Å². The van der Waals surface area contributed by atoms with E-state index in [1.165, 1.54) is 0 Å². The van der Waals surface area contributed by atoms with E-state index in [1.807, 2.05) is 12.1 Å². The molecule has 0 radical (unpaired) electrons. The third-order valence-electron chi connectivity index (χ3n) is 4.27. The Morgan fingerprint density at radius 1 is 1.00 bits per heavy atom. The minimum Gasteiger partial charge on any atom is -0.369 e. The van der Waals surface area contributed by atoms with Crippen molar-refractivity contribution in [2.24, 2.45) is 11.8 Å². The Morgan fingerprint density at radius 3 is 2.47 bits per heavy atom. The van der Waals surface area contributed by atoms with Gasteiger partial charge in [-0.25, -0.2) is 0 Å². The van der Waals surface area contributed by atoms with Crippen molar-refractivity contribution in [2.45, 2.75) is 25.0 Å². The molecule has 0 amide bonds. The van der Waals surface area contributed by atoms with Gasteiger partial charge in [0.05, 0.1) is 18.1 Å². The summed E-state index contributed by atoms with van der Waals surface area (Å²) >= 11 is 0. The molecule has 4 rings (SSSR count). The molecule has 1 heterocycles. The topological polar surface area (TPSA) is 46.7 Å². The van der Waals surface area contributed by atoms with Gasteiger partial charge in [-0.3, -0.25) is 9.59 Å². The summed E-state index contributed by atoms with van der Waals surface area (Å²) in [7, 11) is 0. The first-order valence-electron chi connectivity index (χ1n) is 6.10. The van der Waals surface area contributed by atoms with Crippen molar-refractivity contribution in [3.8, 4) is 0 Å². The smallest absolute Gasteiger partial charge is 0.170 e. The van der Waals surface area contributed by atoms with Crippen molar-refractivity contribution in [2.75, 3.05) is 0 Å². The van der Waals surface area contributed by atoms with Gasteiger partial charge in [0.15, 0.2) is 11.6 Å². The number of hydrogen-bond acceptors (Lipinski definition) is 3. The second kappa shape index (κ2) is 3.05. The van der Waals surface area contributed by atoms with Crippen molar-refractivity contribution in [1.82, 2.24) is 0 Å². The summed E-state index contributed by atoms with van der Waals surface area (Å²) in [6.45, 7) is 0. The molecule has 3 aliphatic rings. The van der Waals surface area contributed by atoms with Gasteiger partial charge in [0.2, 0.25) is 0 Å². The van der Waals surface area contributed by atoms with E-state index < -0.39 is 0 Å². The maximum Gasteiger partial charge on any atom is 0.170 e. The zero-order chi connectivity index (χ0) is 11.6. The summed E-state index contributed by atoms with van der Waals surface area (Å²) in [6, 6.07) is 7.17. The lowest BCUT2D eigenvalue weighted by atomic mass is 9.67. The molecule has 3 nitrogen and oxygen atoms in total. The number of fused-ring (bicyclic) bond motifs is 4. The fourth-order valence-corrected chi connectivity index (χ4v) is 3.38. The van der Waals surface area contributed by atoms with Crippen LogP contribution >= 0.6 is 0 Å². The average Bonchev–Trinajstić information content (AvgIpc) is 3.14. The third-order valence-corrected chi connectivity index (χ3v) is 4.27. The highest BCUT2D eigenvalue weighted by atomic mass is 16.6. The summed E-state index contributed by atoms with van der Waals surface area (Å²) in [5.41, 5.74) is 1.20. The largest absolute Gasteiger partial charge is 0.369 e. The van der Waals surface area contributed by atoms with E-state index in [0.717, 1.165) is 12.8 Å². The lowest BCUT2D eigenvalue weighted by Crippen LogP contribution is -2.42. The van der Waals surface area contributed by atoms with Crippen molar-refractivity contribution < 1.29 is 14.3 Å². The van der Waals surface area contributed by atoms with E-state index in [4.69, 9.17) is 4.74 Å². The van der Waals surface area contributed by atoms with Crippen LogP contribution in [0, 0.1) is 11.8 Å². The first-order valence-corrected chi connectivity index (χ1v) is 6.10. The van der Waals surface area contributed by atoms with Gasteiger partial charge < -0.3 is 4.74 Å². The maximum atomic E-state index is 12.4. The first-order chi connectivity index (χ1) is 8.27. The van der Waals surface area contributed by atoms with E-state index in [1.54, 1.807) is 12.1 Å². The summed E-state index contributed by atoms with van der Waals surface area (Å²) in [5.74, 6) is -0.103. The van der Waals surface area contributed by atoms with Crippen LogP contribution < -0.4 is 0 Å². The molecule has 0 bridgehead atoms. The maximum absolute atomic E-state index is 12.4. The Kier molecular flexibility index (Phi) is 1.71. The van der Waals surface area contributed by atoms with Gasteiger partial charge in [0.1, 0.15) is 0 Å². The molecule has 1 saturated heterocycles. The second-order valence-electron chi connectivity index (χ2n) is 5.12. The van der Waals surface area contributed by atoms with Gasteiger partial charge in [0, 0.05) is 17.0 Å².